The minimum Gasteiger partial charge on any atom is -0.508 e. The van der Waals surface area contributed by atoms with E-state index < -0.39 is 32.3 Å². The predicted octanol–water partition coefficient (Wildman–Crippen LogP) is 1.10. The molecule has 74 valence electrons. The number of alkyl halides is 1. The van der Waals surface area contributed by atoms with Crippen LogP contribution in [0.15, 0.2) is 23.7 Å². The fourth-order valence-corrected chi connectivity index (χ4v) is 1.60. The van der Waals surface area contributed by atoms with Gasteiger partial charge in [0.05, 0.1) is 0 Å². The highest BCUT2D eigenvalue weighted by Crippen LogP contribution is 2.34. The van der Waals surface area contributed by atoms with Crippen molar-refractivity contribution >= 4 is 21.7 Å². The minimum atomic E-state index is -4.51. The van der Waals surface area contributed by atoms with E-state index >= 15 is 0 Å². The Kier molecular flexibility index (Phi) is 2.31. The maximum absolute atomic E-state index is 10.7. The van der Waals surface area contributed by atoms with Crippen LogP contribution in [-0.4, -0.2) is 27.4 Å². The highest BCUT2D eigenvalue weighted by Gasteiger charge is 2.42. The molecule has 1 rings (SSSR count). The van der Waals surface area contributed by atoms with Gasteiger partial charge >= 0.3 is 0 Å². The van der Waals surface area contributed by atoms with Gasteiger partial charge in [0.1, 0.15) is 5.76 Å². The van der Waals surface area contributed by atoms with Gasteiger partial charge in [0.2, 0.25) is 0 Å². The second kappa shape index (κ2) is 2.90. The van der Waals surface area contributed by atoms with E-state index in [1.807, 2.05) is 0 Å². The fourth-order valence-electron chi connectivity index (χ4n) is 0.855. The van der Waals surface area contributed by atoms with Gasteiger partial charge in [-0.05, 0) is 12.2 Å². The van der Waals surface area contributed by atoms with Gasteiger partial charge in [0.15, 0.2) is 9.97 Å². The zero-order chi connectivity index (χ0) is 10.3. The molecule has 0 aliphatic heterocycles. The summed E-state index contributed by atoms with van der Waals surface area (Å²) in [6.07, 6.45) is 1.26. The van der Waals surface area contributed by atoms with Crippen LogP contribution in [0.4, 0.5) is 0 Å². The number of rotatable bonds is 1. The highest BCUT2D eigenvalue weighted by atomic mass is 35.5. The van der Waals surface area contributed by atoms with Gasteiger partial charge in [-0.3, -0.25) is 4.55 Å². The zero-order valence-corrected chi connectivity index (χ0v) is 7.88. The molecule has 0 heterocycles. The monoisotopic (exact) mass is 226 g/mol. The Labute approximate surface area is 79.7 Å². The molecule has 7 heteroatoms. The van der Waals surface area contributed by atoms with E-state index in [1.165, 1.54) is 0 Å². The van der Waals surface area contributed by atoms with Crippen molar-refractivity contribution in [2.24, 2.45) is 0 Å². The first kappa shape index (κ1) is 10.4. The molecule has 0 saturated heterocycles. The Morgan fingerprint density at radius 3 is 2.38 bits per heavy atom. The number of aliphatic hydroxyl groups is 2. The molecule has 0 radical (unpaired) electrons. The standard InChI is InChI=1S/C6H7ClO5S/c7-6(13(10,11)12)2-1-4(8)5(9)3-6/h1-2,8-9H,3H2,(H,10,11,12). The summed E-state index contributed by atoms with van der Waals surface area (Å²) in [5, 5.41) is 17.9. The summed E-state index contributed by atoms with van der Waals surface area (Å²) < 4.78 is 28.0. The van der Waals surface area contributed by atoms with Crippen LogP contribution in [0.5, 0.6) is 0 Å². The summed E-state index contributed by atoms with van der Waals surface area (Å²) in [5.74, 6) is -1.03. The Hall–Kier alpha value is -0.720. The van der Waals surface area contributed by atoms with E-state index in [4.69, 9.17) is 26.4 Å². The van der Waals surface area contributed by atoms with Crippen molar-refractivity contribution in [3.8, 4) is 0 Å². The first-order chi connectivity index (χ1) is 5.76. The van der Waals surface area contributed by atoms with Crippen molar-refractivity contribution < 1.29 is 23.2 Å². The van der Waals surface area contributed by atoms with E-state index in [0.29, 0.717) is 0 Å². The smallest absolute Gasteiger partial charge is 0.289 e. The largest absolute Gasteiger partial charge is 0.508 e. The van der Waals surface area contributed by atoms with Crippen LogP contribution in [0.2, 0.25) is 0 Å². The Morgan fingerprint density at radius 1 is 1.46 bits per heavy atom. The molecule has 0 saturated carbocycles. The molecule has 0 fully saturated rings. The lowest BCUT2D eigenvalue weighted by atomic mass is 10.1. The minimum absolute atomic E-state index is 0.458. The summed E-state index contributed by atoms with van der Waals surface area (Å²) in [5.41, 5.74) is 0. The van der Waals surface area contributed by atoms with Gasteiger partial charge < -0.3 is 10.2 Å². The maximum Gasteiger partial charge on any atom is 0.289 e. The first-order valence-corrected chi connectivity index (χ1v) is 5.04. The average Bonchev–Trinajstić information content (AvgIpc) is 1.95. The number of hydrogen-bond donors (Lipinski definition) is 3. The molecule has 1 unspecified atom stereocenters. The van der Waals surface area contributed by atoms with Crippen molar-refractivity contribution in [3.05, 3.63) is 23.7 Å². The van der Waals surface area contributed by atoms with E-state index in [0.717, 1.165) is 12.2 Å². The molecule has 3 N–H and O–H groups in total. The highest BCUT2D eigenvalue weighted by molar-refractivity contribution is 7.88. The molecule has 1 aliphatic carbocycles. The lowest BCUT2D eigenvalue weighted by Gasteiger charge is -2.22. The third kappa shape index (κ3) is 1.79. The Bertz CT molecular complexity index is 382. The van der Waals surface area contributed by atoms with Crippen LogP contribution in [0.3, 0.4) is 0 Å². The molecule has 0 spiro atoms. The van der Waals surface area contributed by atoms with Crippen LogP contribution in [0.25, 0.3) is 0 Å². The number of allylic oxidation sites excluding steroid dienone is 2. The summed E-state index contributed by atoms with van der Waals surface area (Å²) >= 11 is 5.48. The summed E-state index contributed by atoms with van der Waals surface area (Å²) in [6.45, 7) is 0. The molecule has 0 aromatic rings. The van der Waals surface area contributed by atoms with Crippen molar-refractivity contribution in [2.45, 2.75) is 10.6 Å². The summed E-state index contributed by atoms with van der Waals surface area (Å²) in [6, 6.07) is 0. The third-order valence-corrected chi connectivity index (χ3v) is 3.61. The maximum atomic E-state index is 10.7. The van der Waals surface area contributed by atoms with Gasteiger partial charge in [0, 0.05) is 6.42 Å². The molecule has 0 aromatic heterocycles. The topological polar surface area (TPSA) is 94.8 Å². The van der Waals surface area contributed by atoms with Crippen molar-refractivity contribution in [2.75, 3.05) is 0 Å². The molecule has 5 nitrogen and oxygen atoms in total. The van der Waals surface area contributed by atoms with Crippen LogP contribution < -0.4 is 0 Å². The Morgan fingerprint density at radius 2 is 2.00 bits per heavy atom. The van der Waals surface area contributed by atoms with E-state index in [1.54, 1.807) is 0 Å². The van der Waals surface area contributed by atoms with E-state index in [2.05, 4.69) is 0 Å². The van der Waals surface area contributed by atoms with Crippen LogP contribution in [0, 0.1) is 0 Å². The molecular weight excluding hydrogens is 220 g/mol. The molecule has 0 bridgehead atoms. The van der Waals surface area contributed by atoms with Gasteiger partial charge in [-0.25, -0.2) is 0 Å². The molecule has 1 atom stereocenters. The summed E-state index contributed by atoms with van der Waals surface area (Å²) in [7, 11) is -4.51. The Balaban J connectivity index is 3.12. The van der Waals surface area contributed by atoms with Gasteiger partial charge in [-0.15, -0.1) is 0 Å². The quantitative estimate of drug-likeness (QED) is 0.460. The molecule has 13 heavy (non-hydrogen) atoms. The van der Waals surface area contributed by atoms with E-state index in [-0.39, 0.29) is 0 Å². The molecular formula is C6H7ClO5S. The van der Waals surface area contributed by atoms with Gasteiger partial charge in [0.25, 0.3) is 10.1 Å². The lowest BCUT2D eigenvalue weighted by Crippen LogP contribution is -2.32. The van der Waals surface area contributed by atoms with Crippen molar-refractivity contribution in [1.82, 2.24) is 0 Å². The SMILES string of the molecule is O=S(=O)(O)C1(Cl)C=CC(O)=C(O)C1. The fraction of sp³-hybridized carbons (Fsp3) is 0.333. The van der Waals surface area contributed by atoms with Crippen molar-refractivity contribution in [1.29, 1.82) is 0 Å². The number of aliphatic hydroxyl groups excluding tert-OH is 2. The van der Waals surface area contributed by atoms with Gasteiger partial charge in [-0.2, -0.15) is 8.42 Å². The normalized spacial score (nSPS) is 29.4. The van der Waals surface area contributed by atoms with E-state index in [9.17, 15) is 8.42 Å². The second-order valence-corrected chi connectivity index (χ2v) is 5.18. The van der Waals surface area contributed by atoms with Gasteiger partial charge in [-0.1, -0.05) is 11.6 Å². The van der Waals surface area contributed by atoms with Crippen LogP contribution >= 0.6 is 11.6 Å². The van der Waals surface area contributed by atoms with Crippen LogP contribution in [0.1, 0.15) is 6.42 Å². The number of halogens is 1. The second-order valence-electron chi connectivity index (χ2n) is 2.60. The summed E-state index contributed by atoms with van der Waals surface area (Å²) in [4.78, 5) is 0. The predicted molar refractivity (Wildman–Crippen MR) is 46.2 cm³/mol. The first-order valence-electron chi connectivity index (χ1n) is 3.22. The molecule has 0 aromatic carbocycles. The third-order valence-electron chi connectivity index (χ3n) is 1.62. The zero-order valence-electron chi connectivity index (χ0n) is 6.31. The average molecular weight is 227 g/mol. The van der Waals surface area contributed by atoms with Crippen molar-refractivity contribution in [3.63, 3.8) is 0 Å². The molecule has 0 amide bonds. The lowest BCUT2D eigenvalue weighted by molar-refractivity contribution is 0.313. The van der Waals surface area contributed by atoms with Crippen LogP contribution in [-0.2, 0) is 10.1 Å². The molecule has 1 aliphatic rings. The number of hydrogen-bond acceptors (Lipinski definition) is 4.